The number of hydrogen-bond acceptors (Lipinski definition) is 3. The van der Waals surface area contributed by atoms with Gasteiger partial charge in [-0.2, -0.15) is 0 Å². The minimum absolute atomic E-state index is 0.694. The van der Waals surface area contributed by atoms with Crippen molar-refractivity contribution >= 4 is 0 Å². The molecule has 2 heterocycles. The summed E-state index contributed by atoms with van der Waals surface area (Å²) in [4.78, 5) is 5.38. The van der Waals surface area contributed by atoms with Crippen molar-refractivity contribution in [1.29, 1.82) is 0 Å². The topological polar surface area (TPSA) is 18.5 Å². The van der Waals surface area contributed by atoms with Crippen LogP contribution in [0.3, 0.4) is 0 Å². The Morgan fingerprint density at radius 2 is 2.06 bits per heavy atom. The van der Waals surface area contributed by atoms with Crippen molar-refractivity contribution in [2.75, 3.05) is 32.7 Å². The van der Waals surface area contributed by atoms with Crippen LogP contribution in [0.1, 0.15) is 33.6 Å². The maximum absolute atomic E-state index is 3.53. The van der Waals surface area contributed by atoms with E-state index < -0.39 is 0 Å². The third-order valence-electron chi connectivity index (χ3n) is 3.96. The van der Waals surface area contributed by atoms with Gasteiger partial charge in [0.05, 0.1) is 6.17 Å². The van der Waals surface area contributed by atoms with Crippen LogP contribution in [0.25, 0.3) is 0 Å². The first kappa shape index (κ1) is 12.3. The Bertz CT molecular complexity index is 217. The van der Waals surface area contributed by atoms with Crippen molar-refractivity contribution in [2.45, 2.75) is 45.8 Å². The van der Waals surface area contributed by atoms with Crippen molar-refractivity contribution in [2.24, 2.45) is 5.92 Å². The third-order valence-corrected chi connectivity index (χ3v) is 3.96. The smallest absolute Gasteiger partial charge is 0.0625 e. The van der Waals surface area contributed by atoms with Crippen LogP contribution in [0.4, 0.5) is 0 Å². The highest BCUT2D eigenvalue weighted by molar-refractivity contribution is 4.84. The summed E-state index contributed by atoms with van der Waals surface area (Å²) >= 11 is 0. The van der Waals surface area contributed by atoms with Gasteiger partial charge in [0.1, 0.15) is 0 Å². The Morgan fingerprint density at radius 1 is 1.25 bits per heavy atom. The summed E-state index contributed by atoms with van der Waals surface area (Å²) in [6.45, 7) is 13.1. The SMILES string of the molecule is CC1CNCCN(C2CCCN2C(C)C)C1. The van der Waals surface area contributed by atoms with Crippen LogP contribution in [0.2, 0.25) is 0 Å². The van der Waals surface area contributed by atoms with Gasteiger partial charge in [0, 0.05) is 32.2 Å². The van der Waals surface area contributed by atoms with Crippen molar-refractivity contribution in [3.05, 3.63) is 0 Å². The second-order valence-electron chi connectivity index (χ2n) is 5.76. The Balaban J connectivity index is 1.98. The average Bonchev–Trinajstić information content (AvgIpc) is 2.62. The molecule has 0 aliphatic carbocycles. The van der Waals surface area contributed by atoms with E-state index in [4.69, 9.17) is 0 Å². The van der Waals surface area contributed by atoms with Gasteiger partial charge in [0.2, 0.25) is 0 Å². The molecule has 0 bridgehead atoms. The molecule has 2 fully saturated rings. The highest BCUT2D eigenvalue weighted by Gasteiger charge is 2.32. The van der Waals surface area contributed by atoms with E-state index in [2.05, 4.69) is 35.9 Å². The van der Waals surface area contributed by atoms with E-state index in [0.29, 0.717) is 12.2 Å². The standard InChI is InChI=1S/C13H27N3/c1-11(2)16-7-4-5-13(16)15-8-6-14-9-12(3)10-15/h11-14H,4-10H2,1-3H3. The summed E-state index contributed by atoms with van der Waals surface area (Å²) in [5, 5.41) is 3.53. The van der Waals surface area contributed by atoms with Gasteiger partial charge in [-0.05, 0) is 39.2 Å². The zero-order valence-electron chi connectivity index (χ0n) is 11.1. The lowest BCUT2D eigenvalue weighted by atomic mass is 10.1. The molecule has 3 heteroatoms. The molecule has 0 radical (unpaired) electrons. The monoisotopic (exact) mass is 225 g/mol. The Kier molecular flexibility index (Phi) is 4.22. The highest BCUT2D eigenvalue weighted by Crippen LogP contribution is 2.24. The lowest BCUT2D eigenvalue weighted by Gasteiger charge is -2.37. The molecule has 0 spiro atoms. The van der Waals surface area contributed by atoms with Gasteiger partial charge in [-0.25, -0.2) is 0 Å². The molecule has 2 rings (SSSR count). The zero-order chi connectivity index (χ0) is 11.5. The summed E-state index contributed by atoms with van der Waals surface area (Å²) in [5.41, 5.74) is 0. The Hall–Kier alpha value is -0.120. The molecular weight excluding hydrogens is 198 g/mol. The summed E-state index contributed by atoms with van der Waals surface area (Å²) in [6, 6.07) is 0.694. The van der Waals surface area contributed by atoms with Gasteiger partial charge in [-0.3, -0.25) is 9.80 Å². The molecule has 0 aromatic heterocycles. The van der Waals surface area contributed by atoms with E-state index in [1.54, 1.807) is 0 Å². The molecule has 0 aromatic rings. The highest BCUT2D eigenvalue weighted by atomic mass is 15.4. The van der Waals surface area contributed by atoms with Gasteiger partial charge in [0.25, 0.3) is 0 Å². The van der Waals surface area contributed by atoms with Crippen molar-refractivity contribution in [1.82, 2.24) is 15.1 Å². The number of nitrogens with zero attached hydrogens (tertiary/aromatic N) is 2. The largest absolute Gasteiger partial charge is 0.315 e. The summed E-state index contributed by atoms with van der Waals surface area (Å²) < 4.78 is 0. The second kappa shape index (κ2) is 5.48. The van der Waals surface area contributed by atoms with E-state index in [1.165, 1.54) is 39.0 Å². The maximum Gasteiger partial charge on any atom is 0.0625 e. The predicted molar refractivity (Wildman–Crippen MR) is 68.5 cm³/mol. The van der Waals surface area contributed by atoms with E-state index >= 15 is 0 Å². The summed E-state index contributed by atoms with van der Waals surface area (Å²) in [7, 11) is 0. The molecule has 1 N–H and O–H groups in total. The quantitative estimate of drug-likeness (QED) is 0.765. The van der Waals surface area contributed by atoms with Crippen molar-refractivity contribution in [3.8, 4) is 0 Å². The molecule has 16 heavy (non-hydrogen) atoms. The molecule has 2 aliphatic rings. The van der Waals surface area contributed by atoms with E-state index in [9.17, 15) is 0 Å². The molecule has 3 nitrogen and oxygen atoms in total. The number of likely N-dealkylation sites (tertiary alicyclic amines) is 1. The van der Waals surface area contributed by atoms with Crippen LogP contribution in [-0.4, -0.2) is 54.7 Å². The molecule has 0 saturated carbocycles. The predicted octanol–water partition coefficient (Wildman–Crippen LogP) is 1.36. The third kappa shape index (κ3) is 2.76. The first-order valence-corrected chi connectivity index (χ1v) is 6.89. The fraction of sp³-hybridized carbons (Fsp3) is 1.00. The lowest BCUT2D eigenvalue weighted by Crippen LogP contribution is -2.49. The normalized spacial score (nSPS) is 34.5. The molecule has 2 saturated heterocycles. The van der Waals surface area contributed by atoms with Gasteiger partial charge >= 0.3 is 0 Å². The Morgan fingerprint density at radius 3 is 2.81 bits per heavy atom. The van der Waals surface area contributed by atoms with Gasteiger partial charge in [0.15, 0.2) is 0 Å². The molecular formula is C13H27N3. The van der Waals surface area contributed by atoms with Crippen LogP contribution in [0.5, 0.6) is 0 Å². The zero-order valence-corrected chi connectivity index (χ0v) is 11.1. The number of nitrogens with one attached hydrogen (secondary N) is 1. The molecule has 2 aliphatic heterocycles. The van der Waals surface area contributed by atoms with Crippen LogP contribution in [0.15, 0.2) is 0 Å². The van der Waals surface area contributed by atoms with E-state index in [0.717, 1.165) is 12.5 Å². The van der Waals surface area contributed by atoms with E-state index in [1.807, 2.05) is 0 Å². The van der Waals surface area contributed by atoms with Crippen LogP contribution >= 0.6 is 0 Å². The first-order chi connectivity index (χ1) is 7.68. The van der Waals surface area contributed by atoms with Gasteiger partial charge < -0.3 is 5.32 Å². The summed E-state index contributed by atoms with van der Waals surface area (Å²) in [5.74, 6) is 0.789. The fourth-order valence-electron chi connectivity index (χ4n) is 3.16. The number of rotatable bonds is 2. The minimum atomic E-state index is 0.694. The maximum atomic E-state index is 3.53. The van der Waals surface area contributed by atoms with Crippen LogP contribution in [-0.2, 0) is 0 Å². The summed E-state index contributed by atoms with van der Waals surface area (Å²) in [6.07, 6.45) is 3.45. The Labute approximate surface area is 100 Å². The van der Waals surface area contributed by atoms with Crippen molar-refractivity contribution in [3.63, 3.8) is 0 Å². The molecule has 94 valence electrons. The number of hydrogen-bond donors (Lipinski definition) is 1. The first-order valence-electron chi connectivity index (χ1n) is 6.89. The fourth-order valence-corrected chi connectivity index (χ4v) is 3.16. The van der Waals surface area contributed by atoms with Crippen LogP contribution < -0.4 is 5.32 Å². The van der Waals surface area contributed by atoms with E-state index in [-0.39, 0.29) is 0 Å². The molecule has 0 amide bonds. The minimum Gasteiger partial charge on any atom is -0.315 e. The second-order valence-corrected chi connectivity index (χ2v) is 5.76. The molecule has 2 atom stereocenters. The molecule has 2 unspecified atom stereocenters. The van der Waals surface area contributed by atoms with Crippen molar-refractivity contribution < 1.29 is 0 Å². The molecule has 0 aromatic carbocycles. The van der Waals surface area contributed by atoms with Gasteiger partial charge in [-0.15, -0.1) is 0 Å². The van der Waals surface area contributed by atoms with Gasteiger partial charge in [-0.1, -0.05) is 6.92 Å². The lowest BCUT2D eigenvalue weighted by molar-refractivity contribution is 0.0515. The average molecular weight is 225 g/mol. The van der Waals surface area contributed by atoms with Crippen LogP contribution in [0, 0.1) is 5.92 Å².